The van der Waals surface area contributed by atoms with Gasteiger partial charge in [0.2, 0.25) is 0 Å². The second-order valence-corrected chi connectivity index (χ2v) is 6.00. The highest BCUT2D eigenvalue weighted by Crippen LogP contribution is 2.31. The van der Waals surface area contributed by atoms with Crippen molar-refractivity contribution in [3.8, 4) is 0 Å². The number of aliphatic hydroxyl groups excluding tert-OH is 2. The normalized spacial score (nSPS) is 25.7. The Morgan fingerprint density at radius 2 is 2.00 bits per heavy atom. The maximum absolute atomic E-state index is 11.2. The summed E-state index contributed by atoms with van der Waals surface area (Å²) in [7, 11) is 0. The minimum atomic E-state index is -0.449. The van der Waals surface area contributed by atoms with E-state index in [1.807, 2.05) is 25.2 Å². The van der Waals surface area contributed by atoms with E-state index < -0.39 is 6.10 Å². The molecule has 0 spiro atoms. The molecule has 0 aromatic carbocycles. The molecule has 0 aliphatic heterocycles. The van der Waals surface area contributed by atoms with Gasteiger partial charge >= 0.3 is 5.97 Å². The van der Waals surface area contributed by atoms with Crippen molar-refractivity contribution in [3.05, 3.63) is 24.3 Å². The second kappa shape index (κ2) is 10.6. The highest BCUT2D eigenvalue weighted by Gasteiger charge is 2.27. The molecule has 1 rings (SSSR count). The summed E-state index contributed by atoms with van der Waals surface area (Å²) in [5.74, 6) is 0.311. The van der Waals surface area contributed by atoms with Crippen molar-refractivity contribution in [2.24, 2.45) is 11.8 Å². The van der Waals surface area contributed by atoms with Gasteiger partial charge in [0.05, 0.1) is 18.8 Å². The number of allylic oxidation sites excluding steroid dienone is 2. The van der Waals surface area contributed by atoms with Gasteiger partial charge in [-0.05, 0) is 32.6 Å². The van der Waals surface area contributed by atoms with Crippen LogP contribution in [0.3, 0.4) is 0 Å². The Hall–Kier alpha value is -1.13. The van der Waals surface area contributed by atoms with Crippen molar-refractivity contribution >= 4 is 5.97 Å². The van der Waals surface area contributed by atoms with E-state index >= 15 is 0 Å². The summed E-state index contributed by atoms with van der Waals surface area (Å²) in [6.45, 7) is 4.00. The van der Waals surface area contributed by atoms with Gasteiger partial charge in [-0.2, -0.15) is 0 Å². The number of ether oxygens (including phenoxy) is 1. The molecule has 0 fully saturated rings. The molecule has 2 N–H and O–H groups in total. The SMILES string of the molecule is CCOC(=O)CCCCCC[C@H]1[C@@H](/C=C/C(C)O)C=C[C@@H]1O. The first-order chi connectivity index (χ1) is 10.5. The highest BCUT2D eigenvalue weighted by atomic mass is 16.5. The van der Waals surface area contributed by atoms with Crippen molar-refractivity contribution in [1.82, 2.24) is 0 Å². The first kappa shape index (κ1) is 18.9. The van der Waals surface area contributed by atoms with Crippen LogP contribution < -0.4 is 0 Å². The number of unbranched alkanes of at least 4 members (excludes halogenated alkanes) is 3. The number of carbonyl (C=O) groups is 1. The number of esters is 1. The largest absolute Gasteiger partial charge is 0.466 e. The van der Waals surface area contributed by atoms with Gasteiger partial charge in [-0.25, -0.2) is 0 Å². The summed E-state index contributed by atoms with van der Waals surface area (Å²) in [6, 6.07) is 0. The van der Waals surface area contributed by atoms with Gasteiger partial charge < -0.3 is 14.9 Å². The topological polar surface area (TPSA) is 66.8 Å². The molecule has 1 unspecified atom stereocenters. The highest BCUT2D eigenvalue weighted by molar-refractivity contribution is 5.69. The van der Waals surface area contributed by atoms with E-state index in [4.69, 9.17) is 4.74 Å². The van der Waals surface area contributed by atoms with E-state index in [-0.39, 0.29) is 23.9 Å². The van der Waals surface area contributed by atoms with Crippen molar-refractivity contribution in [3.63, 3.8) is 0 Å². The molecule has 0 heterocycles. The van der Waals surface area contributed by atoms with E-state index in [0.29, 0.717) is 13.0 Å². The summed E-state index contributed by atoms with van der Waals surface area (Å²) in [4.78, 5) is 11.2. The zero-order valence-electron chi connectivity index (χ0n) is 13.8. The molecular weight excluding hydrogens is 280 g/mol. The summed E-state index contributed by atoms with van der Waals surface area (Å²) < 4.78 is 4.90. The summed E-state index contributed by atoms with van der Waals surface area (Å²) in [5, 5.41) is 19.3. The van der Waals surface area contributed by atoms with Gasteiger partial charge in [0.25, 0.3) is 0 Å². The molecular formula is C18H30O4. The smallest absolute Gasteiger partial charge is 0.305 e. The van der Waals surface area contributed by atoms with Crippen LogP contribution >= 0.6 is 0 Å². The molecule has 1 aliphatic carbocycles. The van der Waals surface area contributed by atoms with E-state index in [1.165, 1.54) is 0 Å². The minimum absolute atomic E-state index is 0.110. The lowest BCUT2D eigenvalue weighted by atomic mass is 9.88. The summed E-state index contributed by atoms with van der Waals surface area (Å²) in [6.07, 6.45) is 12.3. The maximum Gasteiger partial charge on any atom is 0.305 e. The molecule has 4 atom stereocenters. The summed E-state index contributed by atoms with van der Waals surface area (Å²) in [5.41, 5.74) is 0. The van der Waals surface area contributed by atoms with E-state index in [1.54, 1.807) is 13.0 Å². The zero-order chi connectivity index (χ0) is 16.4. The van der Waals surface area contributed by atoms with Gasteiger partial charge in [-0.15, -0.1) is 0 Å². The van der Waals surface area contributed by atoms with Gasteiger partial charge in [0.1, 0.15) is 0 Å². The number of hydrogen-bond acceptors (Lipinski definition) is 4. The second-order valence-electron chi connectivity index (χ2n) is 6.00. The predicted octanol–water partition coefficient (Wildman–Crippen LogP) is 2.99. The molecule has 0 bridgehead atoms. The number of aliphatic hydroxyl groups is 2. The molecule has 22 heavy (non-hydrogen) atoms. The predicted molar refractivity (Wildman–Crippen MR) is 87.3 cm³/mol. The number of carbonyl (C=O) groups excluding carboxylic acids is 1. The molecule has 0 radical (unpaired) electrons. The van der Waals surface area contributed by atoms with Gasteiger partial charge in [-0.3, -0.25) is 4.79 Å². The molecule has 0 saturated heterocycles. The van der Waals surface area contributed by atoms with Crippen LogP contribution in [0.1, 0.15) is 52.4 Å². The Morgan fingerprint density at radius 3 is 2.68 bits per heavy atom. The Kier molecular flexibility index (Phi) is 9.09. The molecule has 0 amide bonds. The molecule has 0 aromatic rings. The van der Waals surface area contributed by atoms with Crippen LogP contribution in [0.25, 0.3) is 0 Å². The lowest BCUT2D eigenvalue weighted by Gasteiger charge is -2.20. The maximum atomic E-state index is 11.2. The van der Waals surface area contributed by atoms with Crippen molar-refractivity contribution in [1.29, 1.82) is 0 Å². The lowest BCUT2D eigenvalue weighted by Crippen LogP contribution is -2.19. The Labute approximate surface area is 133 Å². The molecule has 1 aliphatic rings. The quantitative estimate of drug-likeness (QED) is 0.370. The fourth-order valence-corrected chi connectivity index (χ4v) is 2.85. The van der Waals surface area contributed by atoms with Crippen LogP contribution in [0.5, 0.6) is 0 Å². The Morgan fingerprint density at radius 1 is 1.27 bits per heavy atom. The van der Waals surface area contributed by atoms with E-state index in [0.717, 1.165) is 32.1 Å². The van der Waals surface area contributed by atoms with Crippen molar-refractivity contribution < 1.29 is 19.7 Å². The van der Waals surface area contributed by atoms with E-state index in [9.17, 15) is 15.0 Å². The third-order valence-corrected chi connectivity index (χ3v) is 4.05. The van der Waals surface area contributed by atoms with Gasteiger partial charge in [0.15, 0.2) is 0 Å². The van der Waals surface area contributed by atoms with Gasteiger partial charge in [0, 0.05) is 12.3 Å². The molecule has 4 heteroatoms. The average molecular weight is 310 g/mol. The van der Waals surface area contributed by atoms with E-state index in [2.05, 4.69) is 0 Å². The van der Waals surface area contributed by atoms with Crippen LogP contribution in [-0.2, 0) is 9.53 Å². The van der Waals surface area contributed by atoms with Crippen molar-refractivity contribution in [2.45, 2.75) is 64.6 Å². The fourth-order valence-electron chi connectivity index (χ4n) is 2.85. The first-order valence-corrected chi connectivity index (χ1v) is 8.43. The zero-order valence-corrected chi connectivity index (χ0v) is 13.8. The van der Waals surface area contributed by atoms with Crippen LogP contribution in [0.2, 0.25) is 0 Å². The Balaban J connectivity index is 2.18. The first-order valence-electron chi connectivity index (χ1n) is 8.43. The monoisotopic (exact) mass is 310 g/mol. The summed E-state index contributed by atoms with van der Waals surface area (Å²) >= 11 is 0. The van der Waals surface area contributed by atoms with Gasteiger partial charge in [-0.1, -0.05) is 43.6 Å². The van der Waals surface area contributed by atoms with Crippen LogP contribution in [0, 0.1) is 11.8 Å². The molecule has 4 nitrogen and oxygen atoms in total. The van der Waals surface area contributed by atoms with Crippen molar-refractivity contribution in [2.75, 3.05) is 6.61 Å². The minimum Gasteiger partial charge on any atom is -0.466 e. The third-order valence-electron chi connectivity index (χ3n) is 4.05. The number of hydrogen-bond donors (Lipinski definition) is 2. The fraction of sp³-hybridized carbons (Fsp3) is 0.722. The Bertz CT molecular complexity index is 373. The van der Waals surface area contributed by atoms with Crippen LogP contribution in [0.4, 0.5) is 0 Å². The van der Waals surface area contributed by atoms with Crippen LogP contribution in [0.15, 0.2) is 24.3 Å². The molecule has 0 aromatic heterocycles. The number of rotatable bonds is 10. The molecule has 0 saturated carbocycles. The average Bonchev–Trinajstić information content (AvgIpc) is 2.81. The van der Waals surface area contributed by atoms with Crippen LogP contribution in [-0.4, -0.2) is 35.0 Å². The standard InChI is InChI=1S/C18H30O4/c1-3-22-18(21)9-7-5-4-6-8-16-15(11-10-14(2)19)12-13-17(16)20/h10-17,19-20H,3-9H2,1-2H3/b11-10+/t14?,15-,16-,17-/m0/s1. The lowest BCUT2D eigenvalue weighted by molar-refractivity contribution is -0.143. The third kappa shape index (κ3) is 7.23. The molecule has 126 valence electrons.